The molecular formula is C19H29NO3. The molecule has 1 saturated heterocycles. The van der Waals surface area contributed by atoms with Crippen molar-refractivity contribution < 1.29 is 15.1 Å². The topological polar surface area (TPSA) is 52.9 Å². The van der Waals surface area contributed by atoms with Gasteiger partial charge in [-0.3, -0.25) is 4.84 Å². The summed E-state index contributed by atoms with van der Waals surface area (Å²) in [7, 11) is 0. The van der Waals surface area contributed by atoms with Crippen molar-refractivity contribution in [1.29, 1.82) is 0 Å². The molecule has 0 aromatic heterocycles. The van der Waals surface area contributed by atoms with E-state index in [4.69, 9.17) is 4.84 Å². The molecule has 23 heavy (non-hydrogen) atoms. The van der Waals surface area contributed by atoms with Gasteiger partial charge >= 0.3 is 0 Å². The van der Waals surface area contributed by atoms with Crippen molar-refractivity contribution in [1.82, 2.24) is 5.06 Å². The number of rotatable bonds is 5. The lowest BCUT2D eigenvalue weighted by atomic mass is 9.80. The SMILES string of the molecule is C=Cc1cccc(C(CO)ON2C(C)(C)CC(O)CC2(C)C)c1. The smallest absolute Gasteiger partial charge is 0.127 e. The molecule has 0 saturated carbocycles. The maximum absolute atomic E-state index is 10.1. The van der Waals surface area contributed by atoms with E-state index in [0.717, 1.165) is 11.1 Å². The van der Waals surface area contributed by atoms with Crippen LogP contribution in [0.15, 0.2) is 30.8 Å². The molecule has 2 N–H and O–H groups in total. The van der Waals surface area contributed by atoms with Crippen molar-refractivity contribution >= 4 is 6.08 Å². The molecule has 0 radical (unpaired) electrons. The lowest BCUT2D eigenvalue weighted by Gasteiger charge is -2.53. The number of aliphatic hydroxyl groups is 2. The maximum atomic E-state index is 10.1. The van der Waals surface area contributed by atoms with E-state index in [-0.39, 0.29) is 23.8 Å². The minimum Gasteiger partial charge on any atom is -0.393 e. The van der Waals surface area contributed by atoms with E-state index in [1.54, 1.807) is 6.08 Å². The highest BCUT2D eigenvalue weighted by atomic mass is 16.7. The van der Waals surface area contributed by atoms with E-state index in [2.05, 4.69) is 34.3 Å². The number of hydrogen-bond donors (Lipinski definition) is 2. The first kappa shape index (κ1) is 18.1. The van der Waals surface area contributed by atoms with E-state index in [1.807, 2.05) is 29.3 Å². The van der Waals surface area contributed by atoms with Crippen LogP contribution in [-0.4, -0.2) is 39.1 Å². The molecule has 0 amide bonds. The third-order valence-corrected chi connectivity index (χ3v) is 4.49. The molecule has 1 aromatic rings. The van der Waals surface area contributed by atoms with Crippen molar-refractivity contribution in [3.05, 3.63) is 42.0 Å². The van der Waals surface area contributed by atoms with Gasteiger partial charge < -0.3 is 10.2 Å². The Morgan fingerprint density at radius 2 is 1.91 bits per heavy atom. The van der Waals surface area contributed by atoms with E-state index >= 15 is 0 Å². The zero-order valence-corrected chi connectivity index (χ0v) is 14.6. The van der Waals surface area contributed by atoms with Gasteiger partial charge in [0.05, 0.1) is 12.7 Å². The largest absolute Gasteiger partial charge is 0.393 e. The molecule has 1 aromatic carbocycles. The molecule has 4 heteroatoms. The third kappa shape index (κ3) is 4.01. The zero-order valence-electron chi connectivity index (χ0n) is 14.6. The Hall–Kier alpha value is -1.20. The lowest BCUT2D eigenvalue weighted by Crippen LogP contribution is -2.61. The molecular weight excluding hydrogens is 290 g/mol. The Bertz CT molecular complexity index is 535. The van der Waals surface area contributed by atoms with Gasteiger partial charge in [0.15, 0.2) is 0 Å². The van der Waals surface area contributed by atoms with Gasteiger partial charge in [-0.15, -0.1) is 0 Å². The quantitative estimate of drug-likeness (QED) is 0.874. The number of hydroxylamine groups is 2. The van der Waals surface area contributed by atoms with Crippen LogP contribution in [0.4, 0.5) is 0 Å². The van der Waals surface area contributed by atoms with Crippen molar-refractivity contribution in [2.45, 2.75) is 63.8 Å². The predicted molar refractivity (Wildman–Crippen MR) is 92.7 cm³/mol. The Labute approximate surface area is 139 Å². The summed E-state index contributed by atoms with van der Waals surface area (Å²) in [6.45, 7) is 11.9. The van der Waals surface area contributed by atoms with Crippen LogP contribution in [0, 0.1) is 0 Å². The summed E-state index contributed by atoms with van der Waals surface area (Å²) < 4.78 is 0. The van der Waals surface area contributed by atoms with Crippen LogP contribution in [0.1, 0.15) is 57.8 Å². The summed E-state index contributed by atoms with van der Waals surface area (Å²) in [6, 6.07) is 7.84. The van der Waals surface area contributed by atoms with Crippen LogP contribution < -0.4 is 0 Å². The van der Waals surface area contributed by atoms with Gasteiger partial charge in [-0.25, -0.2) is 0 Å². The summed E-state index contributed by atoms with van der Waals surface area (Å²) in [6.07, 6.45) is 2.28. The van der Waals surface area contributed by atoms with Crippen LogP contribution in [0.5, 0.6) is 0 Å². The third-order valence-electron chi connectivity index (χ3n) is 4.49. The molecule has 1 aliphatic heterocycles. The van der Waals surface area contributed by atoms with E-state index < -0.39 is 6.10 Å². The van der Waals surface area contributed by atoms with Gasteiger partial charge in [-0.1, -0.05) is 30.9 Å². The lowest BCUT2D eigenvalue weighted by molar-refractivity contribution is -0.320. The highest BCUT2D eigenvalue weighted by Gasteiger charge is 2.47. The fourth-order valence-electron chi connectivity index (χ4n) is 3.71. The minimum absolute atomic E-state index is 0.105. The van der Waals surface area contributed by atoms with Crippen LogP contribution in [0.3, 0.4) is 0 Å². The molecule has 1 fully saturated rings. The monoisotopic (exact) mass is 319 g/mol. The molecule has 1 unspecified atom stereocenters. The average Bonchev–Trinajstić information content (AvgIpc) is 2.45. The predicted octanol–water partition coefficient (Wildman–Crippen LogP) is 3.31. The van der Waals surface area contributed by atoms with Crippen molar-refractivity contribution in [2.75, 3.05) is 6.61 Å². The van der Waals surface area contributed by atoms with E-state index in [1.165, 1.54) is 0 Å². The summed E-state index contributed by atoms with van der Waals surface area (Å²) in [5.41, 5.74) is 1.29. The molecule has 0 bridgehead atoms. The standard InChI is InChI=1S/C19H29NO3/c1-6-14-8-7-9-15(10-14)17(13-21)23-20-18(2,3)11-16(22)12-19(20,4)5/h6-10,16-17,21-22H,1,11-13H2,2-5H3. The van der Waals surface area contributed by atoms with Crippen LogP contribution in [-0.2, 0) is 4.84 Å². The first-order valence-corrected chi connectivity index (χ1v) is 8.18. The van der Waals surface area contributed by atoms with Crippen LogP contribution >= 0.6 is 0 Å². The highest BCUT2D eigenvalue weighted by Crippen LogP contribution is 2.40. The average molecular weight is 319 g/mol. The fraction of sp³-hybridized carbons (Fsp3) is 0.579. The second-order valence-electron chi connectivity index (χ2n) is 7.63. The Balaban J connectivity index is 2.27. The minimum atomic E-state index is -0.441. The molecule has 1 aliphatic rings. The molecule has 1 heterocycles. The number of benzene rings is 1. The first-order chi connectivity index (χ1) is 10.7. The van der Waals surface area contributed by atoms with Crippen molar-refractivity contribution in [3.63, 3.8) is 0 Å². The van der Waals surface area contributed by atoms with Crippen LogP contribution in [0.2, 0.25) is 0 Å². The Kier molecular flexibility index (Phi) is 5.31. The van der Waals surface area contributed by atoms with Crippen molar-refractivity contribution in [3.8, 4) is 0 Å². The number of piperidine rings is 1. The molecule has 2 rings (SSSR count). The Morgan fingerprint density at radius 1 is 1.30 bits per heavy atom. The summed E-state index contributed by atoms with van der Waals surface area (Å²) in [5, 5.41) is 21.9. The van der Waals surface area contributed by atoms with Gasteiger partial charge in [0, 0.05) is 11.1 Å². The van der Waals surface area contributed by atoms with E-state index in [9.17, 15) is 10.2 Å². The van der Waals surface area contributed by atoms with Gasteiger partial charge in [0.1, 0.15) is 6.10 Å². The van der Waals surface area contributed by atoms with Gasteiger partial charge in [-0.2, -0.15) is 5.06 Å². The van der Waals surface area contributed by atoms with Crippen LogP contribution in [0.25, 0.3) is 6.08 Å². The summed E-state index contributed by atoms with van der Waals surface area (Å²) >= 11 is 0. The van der Waals surface area contributed by atoms with Crippen molar-refractivity contribution in [2.24, 2.45) is 0 Å². The molecule has 4 nitrogen and oxygen atoms in total. The second-order valence-corrected chi connectivity index (χ2v) is 7.63. The molecule has 1 atom stereocenters. The first-order valence-electron chi connectivity index (χ1n) is 8.18. The summed E-state index contributed by atoms with van der Waals surface area (Å²) in [4.78, 5) is 6.24. The molecule has 128 valence electrons. The van der Waals surface area contributed by atoms with Gasteiger partial charge in [-0.05, 0) is 57.7 Å². The Morgan fingerprint density at radius 3 is 2.43 bits per heavy atom. The highest BCUT2D eigenvalue weighted by molar-refractivity contribution is 5.48. The zero-order chi connectivity index (χ0) is 17.3. The number of nitrogens with zero attached hydrogens (tertiary/aromatic N) is 1. The normalized spacial score (nSPS) is 22.7. The number of aliphatic hydroxyl groups excluding tert-OH is 2. The van der Waals surface area contributed by atoms with Gasteiger partial charge in [0.25, 0.3) is 0 Å². The second kappa shape index (κ2) is 6.73. The summed E-state index contributed by atoms with van der Waals surface area (Å²) in [5.74, 6) is 0. The molecule has 0 aliphatic carbocycles. The fourth-order valence-corrected chi connectivity index (χ4v) is 3.71. The number of hydrogen-bond acceptors (Lipinski definition) is 4. The van der Waals surface area contributed by atoms with Gasteiger partial charge in [0.2, 0.25) is 0 Å². The maximum Gasteiger partial charge on any atom is 0.127 e. The van der Waals surface area contributed by atoms with E-state index in [0.29, 0.717) is 12.8 Å². The molecule has 0 spiro atoms.